The number of para-hydroxylation sites is 5. The summed E-state index contributed by atoms with van der Waals surface area (Å²) in [5, 5.41) is 5.54. The molecule has 0 aliphatic rings. The minimum absolute atomic E-state index is 0.0295. The Bertz CT molecular complexity index is 920. The second kappa shape index (κ2) is 9.36. The van der Waals surface area contributed by atoms with Crippen molar-refractivity contribution in [3.05, 3.63) is 78.9 Å². The molecule has 0 aromatic heterocycles. The molecule has 144 valence electrons. The highest BCUT2D eigenvalue weighted by Crippen LogP contribution is 2.29. The van der Waals surface area contributed by atoms with Gasteiger partial charge in [-0.3, -0.25) is 4.79 Å². The molecule has 0 atom stereocenters. The molecule has 0 aliphatic heterocycles. The Balaban J connectivity index is 1.63. The topological polar surface area (TPSA) is 59.6 Å². The zero-order valence-electron chi connectivity index (χ0n) is 14.8. The van der Waals surface area contributed by atoms with Crippen molar-refractivity contribution in [2.24, 2.45) is 0 Å². The number of nitrogens with one attached hydrogen (secondary N) is 2. The van der Waals surface area contributed by atoms with Crippen LogP contribution >= 0.6 is 0 Å². The van der Waals surface area contributed by atoms with E-state index in [-0.39, 0.29) is 18.2 Å². The second-order valence-electron chi connectivity index (χ2n) is 5.69. The molecule has 1 amide bonds. The Morgan fingerprint density at radius 2 is 1.43 bits per heavy atom. The molecule has 7 heteroatoms. The van der Waals surface area contributed by atoms with Gasteiger partial charge in [0.15, 0.2) is 5.75 Å². The van der Waals surface area contributed by atoms with Gasteiger partial charge in [-0.2, -0.15) is 8.78 Å². The van der Waals surface area contributed by atoms with Crippen LogP contribution in [0.5, 0.6) is 17.2 Å². The highest BCUT2D eigenvalue weighted by atomic mass is 19.3. The lowest BCUT2D eigenvalue weighted by molar-refractivity contribution is -0.114. The predicted octanol–water partition coefficient (Wildman–Crippen LogP) is 5.13. The third-order valence-electron chi connectivity index (χ3n) is 3.67. The number of carbonyl (C=O) groups is 1. The van der Waals surface area contributed by atoms with Crippen molar-refractivity contribution < 1.29 is 23.0 Å². The van der Waals surface area contributed by atoms with E-state index in [9.17, 15) is 13.6 Å². The average molecular weight is 384 g/mol. The molecule has 5 nitrogen and oxygen atoms in total. The van der Waals surface area contributed by atoms with E-state index in [1.807, 2.05) is 18.2 Å². The number of carbonyl (C=O) groups excluding carboxylic acids is 1. The molecule has 0 fully saturated rings. The number of amides is 1. The number of hydrogen-bond donors (Lipinski definition) is 2. The molecule has 0 aliphatic carbocycles. The van der Waals surface area contributed by atoms with Gasteiger partial charge < -0.3 is 20.1 Å². The molecule has 0 bridgehead atoms. The SMILES string of the molecule is O=C(CNc1ccccc1OC(F)F)Nc1ccccc1Oc1ccccc1. The molecule has 3 aromatic carbocycles. The van der Waals surface area contributed by atoms with Crippen molar-refractivity contribution in [3.63, 3.8) is 0 Å². The number of hydrogen-bond acceptors (Lipinski definition) is 4. The highest BCUT2D eigenvalue weighted by Gasteiger charge is 2.12. The summed E-state index contributed by atoms with van der Waals surface area (Å²) >= 11 is 0. The summed E-state index contributed by atoms with van der Waals surface area (Å²) in [6, 6.07) is 22.4. The summed E-state index contributed by atoms with van der Waals surface area (Å²) in [6.45, 7) is -3.08. The normalized spacial score (nSPS) is 10.4. The lowest BCUT2D eigenvalue weighted by atomic mass is 10.2. The van der Waals surface area contributed by atoms with Crippen LogP contribution < -0.4 is 20.1 Å². The first-order chi connectivity index (χ1) is 13.6. The van der Waals surface area contributed by atoms with Gasteiger partial charge in [0.05, 0.1) is 17.9 Å². The van der Waals surface area contributed by atoms with Gasteiger partial charge >= 0.3 is 6.61 Å². The van der Waals surface area contributed by atoms with Gasteiger partial charge in [-0.05, 0) is 36.4 Å². The van der Waals surface area contributed by atoms with Crippen LogP contribution in [-0.2, 0) is 4.79 Å². The smallest absolute Gasteiger partial charge is 0.387 e. The lowest BCUT2D eigenvalue weighted by Crippen LogP contribution is -2.22. The number of rotatable bonds is 8. The van der Waals surface area contributed by atoms with E-state index in [0.717, 1.165) is 0 Å². The fourth-order valence-electron chi connectivity index (χ4n) is 2.46. The van der Waals surface area contributed by atoms with Crippen LogP contribution in [0, 0.1) is 0 Å². The largest absolute Gasteiger partial charge is 0.455 e. The van der Waals surface area contributed by atoms with Crippen LogP contribution in [0.3, 0.4) is 0 Å². The molecule has 0 spiro atoms. The van der Waals surface area contributed by atoms with E-state index in [0.29, 0.717) is 22.9 Å². The summed E-state index contributed by atoms with van der Waals surface area (Å²) in [5.74, 6) is 0.734. The molecule has 2 N–H and O–H groups in total. The zero-order valence-corrected chi connectivity index (χ0v) is 14.8. The monoisotopic (exact) mass is 384 g/mol. The number of benzene rings is 3. The summed E-state index contributed by atoms with van der Waals surface area (Å²) in [4.78, 5) is 12.3. The first kappa shape index (κ1) is 19.2. The summed E-state index contributed by atoms with van der Waals surface area (Å²) in [6.07, 6.45) is 0. The minimum atomic E-state index is -2.95. The van der Waals surface area contributed by atoms with Crippen LogP contribution in [0.2, 0.25) is 0 Å². The molecule has 3 aromatic rings. The van der Waals surface area contributed by atoms with Crippen LogP contribution in [0.1, 0.15) is 0 Å². The van der Waals surface area contributed by atoms with Gasteiger partial charge in [-0.25, -0.2) is 0 Å². The van der Waals surface area contributed by atoms with Crippen molar-refractivity contribution in [2.45, 2.75) is 6.61 Å². The van der Waals surface area contributed by atoms with Crippen LogP contribution in [-0.4, -0.2) is 19.1 Å². The third kappa shape index (κ3) is 5.44. The first-order valence-electron chi connectivity index (χ1n) is 8.51. The lowest BCUT2D eigenvalue weighted by Gasteiger charge is -2.14. The number of halogens is 2. The van der Waals surface area contributed by atoms with Crippen molar-refractivity contribution in [3.8, 4) is 17.2 Å². The van der Waals surface area contributed by atoms with Crippen LogP contribution in [0.25, 0.3) is 0 Å². The van der Waals surface area contributed by atoms with Gasteiger partial charge in [-0.15, -0.1) is 0 Å². The average Bonchev–Trinajstić information content (AvgIpc) is 2.69. The van der Waals surface area contributed by atoms with E-state index < -0.39 is 6.61 Å². The number of anilines is 2. The zero-order chi connectivity index (χ0) is 19.8. The minimum Gasteiger partial charge on any atom is -0.455 e. The third-order valence-corrected chi connectivity index (χ3v) is 3.67. The van der Waals surface area contributed by atoms with Crippen molar-refractivity contribution in [2.75, 3.05) is 17.2 Å². The fraction of sp³-hybridized carbons (Fsp3) is 0.0952. The quantitative estimate of drug-likeness (QED) is 0.565. The van der Waals surface area contributed by atoms with Gasteiger partial charge in [-0.1, -0.05) is 42.5 Å². The molecular weight excluding hydrogens is 366 g/mol. The summed E-state index contributed by atoms with van der Waals surface area (Å²) in [5.41, 5.74) is 0.794. The predicted molar refractivity (Wildman–Crippen MR) is 103 cm³/mol. The van der Waals surface area contributed by atoms with Crippen molar-refractivity contribution in [1.29, 1.82) is 0 Å². The Morgan fingerprint density at radius 3 is 2.14 bits per heavy atom. The molecule has 0 saturated heterocycles. The number of ether oxygens (including phenoxy) is 2. The summed E-state index contributed by atoms with van der Waals surface area (Å²) < 4.78 is 35.2. The Kier molecular flexibility index (Phi) is 6.41. The van der Waals surface area contributed by atoms with E-state index in [1.54, 1.807) is 54.6 Å². The molecule has 3 rings (SSSR count). The molecular formula is C21H18F2N2O3. The Hall–Kier alpha value is -3.61. The van der Waals surface area contributed by atoms with E-state index in [1.165, 1.54) is 6.07 Å². The van der Waals surface area contributed by atoms with Gasteiger partial charge in [0.2, 0.25) is 5.91 Å². The molecule has 0 radical (unpaired) electrons. The first-order valence-corrected chi connectivity index (χ1v) is 8.51. The summed E-state index contributed by atoms with van der Waals surface area (Å²) in [7, 11) is 0. The van der Waals surface area contributed by atoms with Crippen LogP contribution in [0.15, 0.2) is 78.9 Å². The van der Waals surface area contributed by atoms with Crippen molar-refractivity contribution in [1.82, 2.24) is 0 Å². The van der Waals surface area contributed by atoms with Crippen molar-refractivity contribution >= 4 is 17.3 Å². The van der Waals surface area contributed by atoms with E-state index in [4.69, 9.17) is 4.74 Å². The maximum absolute atomic E-state index is 12.5. The van der Waals surface area contributed by atoms with E-state index in [2.05, 4.69) is 15.4 Å². The number of alkyl halides is 2. The molecule has 0 heterocycles. The van der Waals surface area contributed by atoms with E-state index >= 15 is 0 Å². The van der Waals surface area contributed by atoms with Gasteiger partial charge in [0, 0.05) is 0 Å². The Labute approximate surface area is 160 Å². The van der Waals surface area contributed by atoms with Gasteiger partial charge in [0.25, 0.3) is 0 Å². The van der Waals surface area contributed by atoms with Gasteiger partial charge in [0.1, 0.15) is 11.5 Å². The Morgan fingerprint density at radius 1 is 0.821 bits per heavy atom. The maximum atomic E-state index is 12.5. The molecule has 0 unspecified atom stereocenters. The maximum Gasteiger partial charge on any atom is 0.387 e. The standard InChI is InChI=1S/C21H18F2N2O3/c22-21(23)28-18-12-6-4-10-16(18)24-14-20(26)25-17-11-5-7-13-19(17)27-15-8-2-1-3-9-15/h1-13,21,24H,14H2,(H,25,26). The second-order valence-corrected chi connectivity index (χ2v) is 5.69. The van der Waals surface area contributed by atoms with Crippen LogP contribution in [0.4, 0.5) is 20.2 Å². The highest BCUT2D eigenvalue weighted by molar-refractivity contribution is 5.95. The fourth-order valence-corrected chi connectivity index (χ4v) is 2.46. The molecule has 28 heavy (non-hydrogen) atoms. The molecule has 0 saturated carbocycles.